The number of aryl methyl sites for hydroxylation is 2. The Morgan fingerprint density at radius 1 is 1.00 bits per heavy atom. The number of hydrogen-bond acceptors (Lipinski definition) is 3. The molecule has 1 amide bonds. The summed E-state index contributed by atoms with van der Waals surface area (Å²) in [5.41, 5.74) is 3.61. The molecule has 28 heavy (non-hydrogen) atoms. The Balaban J connectivity index is 2.34. The van der Waals surface area contributed by atoms with Crippen LogP contribution in [0.4, 0.5) is 5.69 Å². The summed E-state index contributed by atoms with van der Waals surface area (Å²) in [6.07, 6.45) is 2.23. The summed E-state index contributed by atoms with van der Waals surface area (Å²) >= 11 is 0. The van der Waals surface area contributed by atoms with Crippen LogP contribution in [0.2, 0.25) is 0 Å². The van der Waals surface area contributed by atoms with E-state index in [1.807, 2.05) is 58.0 Å². The predicted octanol–water partition coefficient (Wildman–Crippen LogP) is 4.12. The molecule has 5 nitrogen and oxygen atoms in total. The van der Waals surface area contributed by atoms with Crippen LogP contribution in [0.1, 0.15) is 49.4 Å². The number of carbonyl (C=O) groups excluding carboxylic acids is 1. The van der Waals surface area contributed by atoms with E-state index in [2.05, 4.69) is 5.32 Å². The summed E-state index contributed by atoms with van der Waals surface area (Å²) in [5, 5.41) is 3.05. The van der Waals surface area contributed by atoms with Crippen LogP contribution in [0.3, 0.4) is 0 Å². The maximum absolute atomic E-state index is 13.1. The highest BCUT2D eigenvalue weighted by atomic mass is 32.2. The fraction of sp³-hybridized carbons (Fsp3) is 0.409. The molecule has 152 valence electrons. The molecule has 0 fully saturated rings. The lowest BCUT2D eigenvalue weighted by molar-refractivity contribution is -0.123. The summed E-state index contributed by atoms with van der Waals surface area (Å²) in [4.78, 5) is 13.1. The molecule has 0 spiro atoms. The van der Waals surface area contributed by atoms with E-state index in [1.165, 1.54) is 4.31 Å². The summed E-state index contributed by atoms with van der Waals surface area (Å²) < 4.78 is 26.3. The number of carbonyl (C=O) groups is 1. The lowest BCUT2D eigenvalue weighted by atomic mass is 10.0. The normalized spacial score (nSPS) is 13.6. The number of nitrogens with one attached hydrogen (secondary N) is 1. The molecule has 0 bridgehead atoms. The third-order valence-electron chi connectivity index (χ3n) is 4.79. The molecule has 0 radical (unpaired) electrons. The molecule has 6 heteroatoms. The van der Waals surface area contributed by atoms with Crippen molar-refractivity contribution in [2.75, 3.05) is 10.6 Å². The van der Waals surface area contributed by atoms with E-state index in [4.69, 9.17) is 0 Å². The Bertz CT molecular complexity index is 908. The van der Waals surface area contributed by atoms with E-state index in [9.17, 15) is 13.2 Å². The number of anilines is 1. The lowest BCUT2D eigenvalue weighted by Gasteiger charge is -2.31. The van der Waals surface area contributed by atoms with Crippen molar-refractivity contribution in [3.8, 4) is 0 Å². The largest absolute Gasteiger partial charge is 0.347 e. The Kier molecular flexibility index (Phi) is 7.24. The lowest BCUT2D eigenvalue weighted by Crippen LogP contribution is -2.50. The molecule has 0 aliphatic heterocycles. The average molecular weight is 403 g/mol. The fourth-order valence-electron chi connectivity index (χ4n) is 3.31. The van der Waals surface area contributed by atoms with Crippen LogP contribution in [0.15, 0.2) is 48.5 Å². The van der Waals surface area contributed by atoms with Crippen LogP contribution >= 0.6 is 0 Å². The van der Waals surface area contributed by atoms with E-state index in [0.717, 1.165) is 22.9 Å². The maximum Gasteiger partial charge on any atom is 0.244 e. The van der Waals surface area contributed by atoms with Gasteiger partial charge in [-0.3, -0.25) is 9.10 Å². The topological polar surface area (TPSA) is 66.5 Å². The third-order valence-corrected chi connectivity index (χ3v) is 5.97. The minimum Gasteiger partial charge on any atom is -0.347 e. The minimum absolute atomic E-state index is 0.166. The molecule has 0 unspecified atom stereocenters. The first-order valence-electron chi connectivity index (χ1n) is 9.60. The monoisotopic (exact) mass is 402 g/mol. The zero-order chi connectivity index (χ0) is 20.9. The van der Waals surface area contributed by atoms with Gasteiger partial charge in [0.25, 0.3) is 0 Å². The van der Waals surface area contributed by atoms with Gasteiger partial charge in [-0.25, -0.2) is 8.42 Å². The number of nitrogens with zero attached hydrogens (tertiary/aromatic N) is 1. The van der Waals surface area contributed by atoms with Gasteiger partial charge in [0.15, 0.2) is 0 Å². The first-order chi connectivity index (χ1) is 13.2. The van der Waals surface area contributed by atoms with Crippen molar-refractivity contribution >= 4 is 21.6 Å². The smallest absolute Gasteiger partial charge is 0.244 e. The van der Waals surface area contributed by atoms with Crippen LogP contribution in [0.25, 0.3) is 0 Å². The second-order valence-electron chi connectivity index (χ2n) is 7.20. The second kappa shape index (κ2) is 9.24. The molecule has 2 atom stereocenters. The van der Waals surface area contributed by atoms with Crippen molar-refractivity contribution in [1.82, 2.24) is 5.32 Å². The van der Waals surface area contributed by atoms with E-state index in [0.29, 0.717) is 18.5 Å². The quantitative estimate of drug-likeness (QED) is 0.722. The molecule has 0 saturated heterocycles. The first-order valence-corrected chi connectivity index (χ1v) is 11.4. The van der Waals surface area contributed by atoms with Crippen LogP contribution < -0.4 is 9.62 Å². The van der Waals surface area contributed by atoms with Crippen LogP contribution in [-0.2, 0) is 14.8 Å². The van der Waals surface area contributed by atoms with Gasteiger partial charge in [0.05, 0.1) is 18.0 Å². The molecule has 2 aromatic rings. The van der Waals surface area contributed by atoms with E-state index in [-0.39, 0.29) is 11.9 Å². The standard InChI is InChI=1S/C22H30N2O3S/c1-6-20(18-13-11-16(3)12-14-18)23-22(25)21(7-2)24(28(5,26)27)19-10-8-9-17(4)15-19/h8-15,20-21H,6-7H2,1-5H3,(H,23,25)/t20-,21+/m0/s1. The molecule has 2 rings (SSSR count). The maximum atomic E-state index is 13.1. The SMILES string of the molecule is CC[C@H](NC(=O)[C@@H](CC)N(c1cccc(C)c1)S(C)(=O)=O)c1ccc(C)cc1. The van der Waals surface area contributed by atoms with Crippen molar-refractivity contribution in [2.24, 2.45) is 0 Å². The van der Waals surface area contributed by atoms with Gasteiger partial charge < -0.3 is 5.32 Å². The van der Waals surface area contributed by atoms with Gasteiger partial charge in [-0.15, -0.1) is 0 Å². The van der Waals surface area contributed by atoms with Crippen LogP contribution in [0, 0.1) is 13.8 Å². The Morgan fingerprint density at radius 3 is 2.14 bits per heavy atom. The zero-order valence-corrected chi connectivity index (χ0v) is 18.1. The molecular weight excluding hydrogens is 372 g/mol. The van der Waals surface area contributed by atoms with Crippen molar-refractivity contribution in [3.05, 3.63) is 65.2 Å². The molecule has 0 aliphatic carbocycles. The Labute approximate surface area is 168 Å². The van der Waals surface area contributed by atoms with Gasteiger partial charge in [-0.2, -0.15) is 0 Å². The molecular formula is C22H30N2O3S. The van der Waals surface area contributed by atoms with Crippen LogP contribution in [0.5, 0.6) is 0 Å². The molecule has 1 N–H and O–H groups in total. The van der Waals surface area contributed by atoms with E-state index >= 15 is 0 Å². The highest BCUT2D eigenvalue weighted by Gasteiger charge is 2.32. The van der Waals surface area contributed by atoms with Gasteiger partial charge in [0.1, 0.15) is 6.04 Å². The number of benzene rings is 2. The van der Waals surface area contributed by atoms with Crippen molar-refractivity contribution < 1.29 is 13.2 Å². The second-order valence-corrected chi connectivity index (χ2v) is 9.06. The van der Waals surface area contributed by atoms with Crippen molar-refractivity contribution in [2.45, 2.75) is 52.6 Å². The Morgan fingerprint density at radius 2 is 1.64 bits per heavy atom. The zero-order valence-electron chi connectivity index (χ0n) is 17.3. The highest BCUT2D eigenvalue weighted by molar-refractivity contribution is 7.92. The number of amides is 1. The highest BCUT2D eigenvalue weighted by Crippen LogP contribution is 2.25. The first kappa shape index (κ1) is 22.0. The molecule has 0 aromatic heterocycles. The summed E-state index contributed by atoms with van der Waals surface area (Å²) in [6.45, 7) is 7.74. The number of sulfonamides is 1. The van der Waals surface area contributed by atoms with E-state index in [1.54, 1.807) is 18.2 Å². The molecule has 2 aromatic carbocycles. The van der Waals surface area contributed by atoms with Crippen LogP contribution in [-0.4, -0.2) is 26.6 Å². The Hall–Kier alpha value is -2.34. The summed E-state index contributed by atoms with van der Waals surface area (Å²) in [6, 6.07) is 14.3. The van der Waals surface area contributed by atoms with Gasteiger partial charge >= 0.3 is 0 Å². The molecule has 0 aliphatic rings. The molecule has 0 heterocycles. The van der Waals surface area contributed by atoms with Gasteiger partial charge in [-0.05, 0) is 49.9 Å². The summed E-state index contributed by atoms with van der Waals surface area (Å²) in [5.74, 6) is -0.290. The number of rotatable bonds is 8. The third kappa shape index (κ3) is 5.35. The predicted molar refractivity (Wildman–Crippen MR) is 115 cm³/mol. The average Bonchev–Trinajstić information content (AvgIpc) is 2.63. The van der Waals surface area contributed by atoms with Crippen molar-refractivity contribution in [1.29, 1.82) is 0 Å². The fourth-order valence-corrected chi connectivity index (χ4v) is 4.52. The number of hydrogen-bond donors (Lipinski definition) is 1. The molecule has 0 saturated carbocycles. The van der Waals surface area contributed by atoms with Crippen molar-refractivity contribution in [3.63, 3.8) is 0 Å². The van der Waals surface area contributed by atoms with Gasteiger partial charge in [0.2, 0.25) is 15.9 Å². The minimum atomic E-state index is -3.63. The van der Waals surface area contributed by atoms with E-state index < -0.39 is 16.1 Å². The van der Waals surface area contributed by atoms with Gasteiger partial charge in [-0.1, -0.05) is 55.8 Å². The van der Waals surface area contributed by atoms with Gasteiger partial charge in [0, 0.05) is 0 Å². The summed E-state index contributed by atoms with van der Waals surface area (Å²) in [7, 11) is -3.63.